The van der Waals surface area contributed by atoms with Crippen molar-refractivity contribution in [1.82, 2.24) is 10.3 Å². The van der Waals surface area contributed by atoms with Gasteiger partial charge in [0.05, 0.1) is 6.61 Å². The summed E-state index contributed by atoms with van der Waals surface area (Å²) in [7, 11) is 0. The maximum atomic E-state index is 5.43. The lowest BCUT2D eigenvalue weighted by molar-refractivity contribution is 0.305. The first-order valence-electron chi connectivity index (χ1n) is 6.07. The van der Waals surface area contributed by atoms with Crippen molar-refractivity contribution in [1.29, 1.82) is 0 Å². The first-order valence-corrected chi connectivity index (χ1v) is 6.07. The minimum atomic E-state index is 0.552. The Balaban J connectivity index is 2.38. The van der Waals surface area contributed by atoms with E-state index in [2.05, 4.69) is 37.1 Å². The molecule has 0 bridgehead atoms. The van der Waals surface area contributed by atoms with Gasteiger partial charge in [0.2, 0.25) is 5.88 Å². The quantitative estimate of drug-likeness (QED) is 0.770. The summed E-state index contributed by atoms with van der Waals surface area (Å²) in [5.41, 5.74) is 1.20. The molecule has 3 heteroatoms. The highest BCUT2D eigenvalue weighted by atomic mass is 16.5. The Bertz CT molecular complexity index is 284. The van der Waals surface area contributed by atoms with E-state index in [4.69, 9.17) is 4.74 Å². The van der Waals surface area contributed by atoms with E-state index in [1.54, 1.807) is 0 Å². The Hall–Kier alpha value is -1.09. The molecule has 1 unspecified atom stereocenters. The van der Waals surface area contributed by atoms with Crippen LogP contribution in [-0.4, -0.2) is 17.6 Å². The number of ether oxygens (including phenoxy) is 1. The smallest absolute Gasteiger partial charge is 0.213 e. The van der Waals surface area contributed by atoms with E-state index in [0.29, 0.717) is 11.9 Å². The average Bonchev–Trinajstić information content (AvgIpc) is 2.34. The number of aromatic nitrogens is 1. The van der Waals surface area contributed by atoms with Crippen LogP contribution in [0.2, 0.25) is 0 Å². The van der Waals surface area contributed by atoms with Gasteiger partial charge in [0.1, 0.15) is 0 Å². The monoisotopic (exact) mass is 222 g/mol. The molecule has 0 amide bonds. The van der Waals surface area contributed by atoms with Gasteiger partial charge in [-0.05, 0) is 25.3 Å². The largest absolute Gasteiger partial charge is 0.478 e. The van der Waals surface area contributed by atoms with Crippen molar-refractivity contribution >= 4 is 0 Å². The van der Waals surface area contributed by atoms with Crippen LogP contribution in [0.4, 0.5) is 0 Å². The van der Waals surface area contributed by atoms with Crippen molar-refractivity contribution in [3.8, 4) is 5.88 Å². The maximum absolute atomic E-state index is 5.43. The van der Waals surface area contributed by atoms with E-state index in [-0.39, 0.29) is 0 Å². The van der Waals surface area contributed by atoms with Crippen LogP contribution in [0.3, 0.4) is 0 Å². The molecule has 0 aromatic carbocycles. The molecule has 0 aliphatic heterocycles. The minimum absolute atomic E-state index is 0.552. The number of pyridine rings is 1. The maximum Gasteiger partial charge on any atom is 0.213 e. The number of hydrogen-bond donors (Lipinski definition) is 1. The van der Waals surface area contributed by atoms with E-state index < -0.39 is 0 Å². The molecule has 90 valence electrons. The fraction of sp³-hybridized carbons (Fsp3) is 0.615. The molecule has 1 heterocycles. The molecule has 0 aliphatic carbocycles. The summed E-state index contributed by atoms with van der Waals surface area (Å²) in [4.78, 5) is 4.26. The molecule has 0 fully saturated rings. The number of hydrogen-bond acceptors (Lipinski definition) is 3. The molecule has 3 nitrogen and oxygen atoms in total. The van der Waals surface area contributed by atoms with Gasteiger partial charge in [-0.2, -0.15) is 0 Å². The Morgan fingerprint density at radius 1 is 1.38 bits per heavy atom. The van der Waals surface area contributed by atoms with E-state index in [1.165, 1.54) is 5.56 Å². The van der Waals surface area contributed by atoms with Crippen molar-refractivity contribution in [2.75, 3.05) is 6.61 Å². The van der Waals surface area contributed by atoms with Crippen molar-refractivity contribution in [3.05, 3.63) is 23.9 Å². The molecule has 1 aromatic rings. The Labute approximate surface area is 98.2 Å². The summed E-state index contributed by atoms with van der Waals surface area (Å²) >= 11 is 0. The Kier molecular flexibility index (Phi) is 5.86. The zero-order valence-corrected chi connectivity index (χ0v) is 10.5. The third-order valence-electron chi connectivity index (χ3n) is 2.52. The van der Waals surface area contributed by atoms with Gasteiger partial charge in [0, 0.05) is 24.8 Å². The normalized spacial score (nSPS) is 12.4. The van der Waals surface area contributed by atoms with Gasteiger partial charge in [-0.15, -0.1) is 0 Å². The van der Waals surface area contributed by atoms with Gasteiger partial charge in [0.15, 0.2) is 0 Å². The second kappa shape index (κ2) is 7.23. The topological polar surface area (TPSA) is 34.1 Å². The molecule has 1 atom stereocenters. The van der Waals surface area contributed by atoms with Gasteiger partial charge < -0.3 is 10.1 Å². The standard InChI is InChI=1S/C13H22N2O/c1-4-8-16-13-7-6-12(10-15-13)9-14-11(3)5-2/h6-7,10-11,14H,4-5,8-9H2,1-3H3. The van der Waals surface area contributed by atoms with Crippen molar-refractivity contribution < 1.29 is 4.74 Å². The molecule has 0 saturated carbocycles. The Morgan fingerprint density at radius 2 is 2.19 bits per heavy atom. The second-order valence-electron chi connectivity index (χ2n) is 4.04. The molecular formula is C13H22N2O. The van der Waals surface area contributed by atoms with E-state index in [9.17, 15) is 0 Å². The first kappa shape index (κ1) is 13.0. The summed E-state index contributed by atoms with van der Waals surface area (Å²) in [6.07, 6.45) is 4.03. The van der Waals surface area contributed by atoms with Crippen LogP contribution >= 0.6 is 0 Å². The number of nitrogens with zero attached hydrogens (tertiary/aromatic N) is 1. The average molecular weight is 222 g/mol. The molecule has 0 saturated heterocycles. The van der Waals surface area contributed by atoms with Crippen LogP contribution in [0.25, 0.3) is 0 Å². The minimum Gasteiger partial charge on any atom is -0.478 e. The van der Waals surface area contributed by atoms with Gasteiger partial charge >= 0.3 is 0 Å². The molecule has 0 spiro atoms. The second-order valence-corrected chi connectivity index (χ2v) is 4.04. The summed E-state index contributed by atoms with van der Waals surface area (Å²) in [5, 5.41) is 3.43. The van der Waals surface area contributed by atoms with E-state index >= 15 is 0 Å². The van der Waals surface area contributed by atoms with Gasteiger partial charge in [-0.25, -0.2) is 4.98 Å². The number of nitrogens with one attached hydrogen (secondary N) is 1. The summed E-state index contributed by atoms with van der Waals surface area (Å²) in [6, 6.07) is 4.55. The highest BCUT2D eigenvalue weighted by Gasteiger charge is 1.99. The van der Waals surface area contributed by atoms with Crippen LogP contribution < -0.4 is 10.1 Å². The predicted octanol–water partition coefficient (Wildman–Crippen LogP) is 2.76. The summed E-state index contributed by atoms with van der Waals surface area (Å²) in [6.45, 7) is 8.06. The van der Waals surface area contributed by atoms with E-state index in [0.717, 1.165) is 26.0 Å². The van der Waals surface area contributed by atoms with Gasteiger partial charge in [0.25, 0.3) is 0 Å². The third-order valence-corrected chi connectivity index (χ3v) is 2.52. The molecular weight excluding hydrogens is 200 g/mol. The van der Waals surface area contributed by atoms with E-state index in [1.807, 2.05) is 12.3 Å². The van der Waals surface area contributed by atoms with Crippen LogP contribution in [0.15, 0.2) is 18.3 Å². The lowest BCUT2D eigenvalue weighted by Crippen LogP contribution is -2.24. The van der Waals surface area contributed by atoms with Gasteiger partial charge in [-0.3, -0.25) is 0 Å². The summed E-state index contributed by atoms with van der Waals surface area (Å²) < 4.78 is 5.43. The van der Waals surface area contributed by atoms with Crippen LogP contribution in [0.5, 0.6) is 5.88 Å². The lowest BCUT2D eigenvalue weighted by Gasteiger charge is -2.11. The number of rotatable bonds is 7. The molecule has 0 radical (unpaired) electrons. The predicted molar refractivity (Wildman–Crippen MR) is 66.6 cm³/mol. The molecule has 1 N–H and O–H groups in total. The third kappa shape index (κ3) is 4.62. The van der Waals surface area contributed by atoms with Crippen LogP contribution in [-0.2, 0) is 6.54 Å². The molecule has 1 aromatic heterocycles. The molecule has 1 rings (SSSR count). The van der Waals surface area contributed by atoms with Crippen molar-refractivity contribution in [2.24, 2.45) is 0 Å². The summed E-state index contributed by atoms with van der Waals surface area (Å²) in [5.74, 6) is 0.717. The van der Waals surface area contributed by atoms with Gasteiger partial charge in [-0.1, -0.05) is 19.9 Å². The zero-order valence-electron chi connectivity index (χ0n) is 10.5. The zero-order chi connectivity index (χ0) is 11.8. The van der Waals surface area contributed by atoms with Crippen molar-refractivity contribution in [2.45, 2.75) is 46.2 Å². The fourth-order valence-corrected chi connectivity index (χ4v) is 1.24. The van der Waals surface area contributed by atoms with Crippen LogP contribution in [0, 0.1) is 0 Å². The first-order chi connectivity index (χ1) is 7.76. The van der Waals surface area contributed by atoms with Crippen LogP contribution in [0.1, 0.15) is 39.2 Å². The Morgan fingerprint density at radius 3 is 2.75 bits per heavy atom. The van der Waals surface area contributed by atoms with Crippen molar-refractivity contribution in [3.63, 3.8) is 0 Å². The highest BCUT2D eigenvalue weighted by molar-refractivity contribution is 5.17. The SMILES string of the molecule is CCCOc1ccc(CNC(C)CC)cn1. The fourth-order valence-electron chi connectivity index (χ4n) is 1.24. The molecule has 0 aliphatic rings. The highest BCUT2D eigenvalue weighted by Crippen LogP contribution is 2.08. The lowest BCUT2D eigenvalue weighted by atomic mass is 10.2. The molecule has 16 heavy (non-hydrogen) atoms.